The van der Waals surface area contributed by atoms with Crippen LogP contribution in [0.3, 0.4) is 0 Å². The van der Waals surface area contributed by atoms with Gasteiger partial charge in [-0.05, 0) is 0 Å². The molecule has 3 nitrogen and oxygen atoms in total. The van der Waals surface area contributed by atoms with Gasteiger partial charge in [-0.15, -0.1) is 0 Å². The van der Waals surface area contributed by atoms with E-state index in [1.807, 2.05) is 19.3 Å². The number of imidazole rings is 1. The van der Waals surface area contributed by atoms with Crippen molar-refractivity contribution in [3.05, 3.63) is 53.6 Å². The maximum absolute atomic E-state index is 13.7. The van der Waals surface area contributed by atoms with Crippen molar-refractivity contribution in [2.45, 2.75) is 6.92 Å². The van der Waals surface area contributed by atoms with Gasteiger partial charge in [0.1, 0.15) is 0 Å². The first-order valence-electron chi connectivity index (χ1n) is 6.08. The molecule has 0 amide bonds. The summed E-state index contributed by atoms with van der Waals surface area (Å²) in [5.41, 5.74) is 4.88. The van der Waals surface area contributed by atoms with E-state index >= 15 is 0 Å². The van der Waals surface area contributed by atoms with Gasteiger partial charge in [0.25, 0.3) is 0 Å². The monoisotopic (exact) mass is 458 g/mol. The molecule has 5 heteroatoms. The fourth-order valence-corrected chi connectivity index (χ4v) is 3.34. The Hall–Kier alpha value is -1.57. The molecule has 0 fully saturated rings. The van der Waals surface area contributed by atoms with Gasteiger partial charge >= 0.3 is 132 Å². The topological polar surface area (TPSA) is 34.9 Å². The fourth-order valence-electron chi connectivity index (χ4n) is 2.28. The van der Waals surface area contributed by atoms with E-state index in [0.717, 1.165) is 27.7 Å². The average Bonchev–Trinajstić information content (AvgIpc) is 2.79. The standard InChI is InChI=1S/C15H11FN2O.Tl/c1-9-4-14-15(18-8-17-14)6-12(9)10-2-3-11(7-19)13(16)5-10;/h2-8H,1H3,(H,17,18,19);/q;+1/p-1. The fraction of sp³-hybridized carbons (Fsp3) is 0.0667. The van der Waals surface area contributed by atoms with Gasteiger partial charge in [0.15, 0.2) is 0 Å². The van der Waals surface area contributed by atoms with Gasteiger partial charge in [0, 0.05) is 0 Å². The van der Waals surface area contributed by atoms with Crippen LogP contribution in [0, 0.1) is 12.7 Å². The Kier molecular flexibility index (Phi) is 3.41. The molecule has 2 aromatic carbocycles. The zero-order chi connectivity index (χ0) is 14.3. The van der Waals surface area contributed by atoms with Crippen LogP contribution in [0.25, 0.3) is 22.2 Å². The van der Waals surface area contributed by atoms with E-state index in [1.165, 1.54) is 12.1 Å². The van der Waals surface area contributed by atoms with E-state index < -0.39 is 5.82 Å². The number of hydrogen-bond donors (Lipinski definition) is 0. The normalized spacial score (nSPS) is 10.8. The summed E-state index contributed by atoms with van der Waals surface area (Å²) < 4.78 is 15.9. The number of nitrogens with zero attached hydrogens (tertiary/aromatic N) is 2. The van der Waals surface area contributed by atoms with E-state index in [2.05, 4.69) is 13.4 Å². The molecule has 0 aliphatic rings. The second-order valence-corrected chi connectivity index (χ2v) is 6.82. The Morgan fingerprint density at radius 3 is 2.80 bits per heavy atom. The summed E-state index contributed by atoms with van der Waals surface area (Å²) in [4.78, 5) is 15.0. The molecule has 0 aliphatic carbocycles. The van der Waals surface area contributed by atoms with Crippen LogP contribution in [0.2, 0.25) is 0 Å². The Labute approximate surface area is 131 Å². The molecule has 1 aromatic heterocycles. The molecule has 3 aromatic rings. The minimum atomic E-state index is -0.494. The number of aromatic nitrogens is 2. The van der Waals surface area contributed by atoms with Gasteiger partial charge in [-0.3, -0.25) is 0 Å². The van der Waals surface area contributed by atoms with Crippen molar-refractivity contribution in [3.63, 3.8) is 0 Å². The maximum atomic E-state index is 13.7. The van der Waals surface area contributed by atoms with Crippen LogP contribution >= 0.6 is 0 Å². The molecule has 20 heavy (non-hydrogen) atoms. The molecular weight excluding hydrogens is 448 g/mol. The third kappa shape index (κ3) is 2.17. The van der Waals surface area contributed by atoms with Gasteiger partial charge < -0.3 is 0 Å². The molecule has 0 saturated heterocycles. The number of rotatable bonds is 2. The first-order chi connectivity index (χ1) is 9.60. The van der Waals surface area contributed by atoms with Gasteiger partial charge in [0.05, 0.1) is 0 Å². The first kappa shape index (κ1) is 13.4. The van der Waals surface area contributed by atoms with Crippen molar-refractivity contribution in [2.75, 3.05) is 0 Å². The second-order valence-electron chi connectivity index (χ2n) is 4.66. The molecule has 0 bridgehead atoms. The van der Waals surface area contributed by atoms with Crippen molar-refractivity contribution in [1.82, 2.24) is 7.36 Å². The number of benzene rings is 2. The number of carbonyl (C=O) groups is 1. The molecule has 0 aliphatic heterocycles. The zero-order valence-corrected chi connectivity index (χ0v) is 15.3. The predicted molar refractivity (Wildman–Crippen MR) is 76.4 cm³/mol. The van der Waals surface area contributed by atoms with Gasteiger partial charge in [-0.25, -0.2) is 0 Å². The summed E-state index contributed by atoms with van der Waals surface area (Å²) in [5.74, 6) is -0.494. The van der Waals surface area contributed by atoms with Gasteiger partial charge in [-0.2, -0.15) is 0 Å². The predicted octanol–water partition coefficient (Wildman–Crippen LogP) is 2.89. The number of hydrogen-bond acceptors (Lipinski definition) is 2. The average molecular weight is 458 g/mol. The summed E-state index contributed by atoms with van der Waals surface area (Å²) in [7, 11) is 0. The van der Waals surface area contributed by atoms with Crippen LogP contribution in [0.5, 0.6) is 0 Å². The van der Waals surface area contributed by atoms with E-state index in [1.54, 1.807) is 6.07 Å². The molecule has 96 valence electrons. The third-order valence-corrected chi connectivity index (χ3v) is 4.96. The summed E-state index contributed by atoms with van der Waals surface area (Å²) in [5, 5.41) is 0. The van der Waals surface area contributed by atoms with Crippen LogP contribution in [0.15, 0.2) is 36.7 Å². The molecule has 3 rings (SSSR count). The Bertz CT molecular complexity index is 826. The minimum absolute atomic E-state index is 0.0810. The quantitative estimate of drug-likeness (QED) is 0.438. The number of aryl methyl sites for hydroxylation is 1. The summed E-state index contributed by atoms with van der Waals surface area (Å²) in [6, 6.07) is 8.72. The zero-order valence-electron chi connectivity index (χ0n) is 10.8. The number of halogens is 1. The molecule has 0 atom stereocenters. The molecule has 0 unspecified atom stereocenters. The van der Waals surface area contributed by atoms with Crippen molar-refractivity contribution in [2.24, 2.45) is 0 Å². The van der Waals surface area contributed by atoms with Crippen LogP contribution in [0.1, 0.15) is 15.9 Å². The molecule has 0 spiro atoms. The molecule has 0 N–H and O–H groups in total. The third-order valence-electron chi connectivity index (χ3n) is 3.36. The van der Waals surface area contributed by atoms with Crippen molar-refractivity contribution in [1.29, 1.82) is 0 Å². The van der Waals surface area contributed by atoms with E-state index in [9.17, 15) is 9.18 Å². The molecule has 1 heterocycles. The molecular formula is C15H10FN2OTl. The number of aldehydes is 1. The Morgan fingerprint density at radius 1 is 1.30 bits per heavy atom. The summed E-state index contributed by atoms with van der Waals surface area (Å²) in [6.07, 6.45) is 2.36. The van der Waals surface area contributed by atoms with Crippen molar-refractivity contribution >= 4 is 43.4 Å². The van der Waals surface area contributed by atoms with E-state index in [0.29, 0.717) is 32.4 Å². The number of fused-ring (bicyclic) bond motifs is 1. The van der Waals surface area contributed by atoms with Crippen molar-refractivity contribution < 1.29 is 9.18 Å². The van der Waals surface area contributed by atoms with Gasteiger partial charge in [-0.1, -0.05) is 0 Å². The van der Waals surface area contributed by atoms with Crippen LogP contribution in [-0.2, 0) is 0 Å². The Morgan fingerprint density at radius 2 is 2.10 bits per heavy atom. The van der Waals surface area contributed by atoms with Crippen LogP contribution in [-0.4, -0.2) is 39.7 Å². The van der Waals surface area contributed by atoms with Crippen LogP contribution < -0.4 is 0 Å². The van der Waals surface area contributed by atoms with Crippen LogP contribution in [0.4, 0.5) is 4.39 Å². The summed E-state index contributed by atoms with van der Waals surface area (Å²) >= 11 is 0.666. The Balaban J connectivity index is 2.21. The molecule has 0 radical (unpaired) electrons. The SMILES string of the molecule is Cc1cc2c(cc1-c1ccc(C=O)c(F)c1)nc[n]2[Tl]. The van der Waals surface area contributed by atoms with Crippen molar-refractivity contribution in [3.8, 4) is 11.1 Å². The van der Waals surface area contributed by atoms with E-state index in [4.69, 9.17) is 0 Å². The summed E-state index contributed by atoms with van der Waals surface area (Å²) in [6.45, 7) is 2.00. The molecule has 0 saturated carbocycles. The van der Waals surface area contributed by atoms with E-state index in [-0.39, 0.29) is 5.56 Å². The van der Waals surface area contributed by atoms with Gasteiger partial charge in [0.2, 0.25) is 0 Å². The first-order valence-corrected chi connectivity index (χ1v) is 8.09. The second kappa shape index (κ2) is 5.08. The number of carbonyl (C=O) groups excluding carboxylic acids is 1.